The summed E-state index contributed by atoms with van der Waals surface area (Å²) >= 11 is 7.27. The van der Waals surface area contributed by atoms with Gasteiger partial charge in [0.25, 0.3) is 5.69 Å². The van der Waals surface area contributed by atoms with Crippen molar-refractivity contribution in [1.82, 2.24) is 0 Å². The fraction of sp³-hybridized carbons (Fsp3) is 0.235. The number of rotatable bonds is 7. The summed E-state index contributed by atoms with van der Waals surface area (Å²) in [6.45, 7) is 1.90. The molecule has 2 rings (SSSR count). The zero-order chi connectivity index (χ0) is 18.4. The lowest BCUT2D eigenvalue weighted by molar-refractivity contribution is -0.384. The Morgan fingerprint density at radius 1 is 1.32 bits per heavy atom. The number of hydrogen-bond donors (Lipinski definition) is 1. The van der Waals surface area contributed by atoms with Crippen molar-refractivity contribution >= 4 is 40.6 Å². The van der Waals surface area contributed by atoms with Gasteiger partial charge in [-0.1, -0.05) is 18.5 Å². The summed E-state index contributed by atoms with van der Waals surface area (Å²) in [7, 11) is 1.44. The first kappa shape index (κ1) is 19.1. The predicted octanol–water partition coefficient (Wildman–Crippen LogP) is 4.77. The highest BCUT2D eigenvalue weighted by Crippen LogP contribution is 2.31. The van der Waals surface area contributed by atoms with Gasteiger partial charge >= 0.3 is 0 Å². The van der Waals surface area contributed by atoms with Gasteiger partial charge in [0.15, 0.2) is 0 Å². The molecule has 1 amide bonds. The molecule has 1 N–H and O–H groups in total. The Balaban J connectivity index is 2.17. The number of hydrogen-bond acceptors (Lipinski definition) is 5. The van der Waals surface area contributed by atoms with Crippen LogP contribution >= 0.6 is 23.4 Å². The standard InChI is InChI=1S/C17H17ClN2O4S/c1-3-16(25-13-7-4-11(18)5-8-13)17(21)19-14-10-12(20(22)23)6-9-15(14)24-2/h4-10,16H,3H2,1-2H3,(H,19,21)/t16-/m0/s1. The normalized spacial score (nSPS) is 11.6. The van der Waals surface area contributed by atoms with Crippen LogP contribution in [0.1, 0.15) is 13.3 Å². The van der Waals surface area contributed by atoms with Crippen LogP contribution in [-0.2, 0) is 4.79 Å². The molecule has 25 heavy (non-hydrogen) atoms. The van der Waals surface area contributed by atoms with Crippen LogP contribution in [0, 0.1) is 10.1 Å². The molecule has 6 nitrogen and oxygen atoms in total. The van der Waals surface area contributed by atoms with Gasteiger partial charge in [0.05, 0.1) is 23.0 Å². The molecule has 0 fully saturated rings. The fourth-order valence-corrected chi connectivity index (χ4v) is 3.20. The van der Waals surface area contributed by atoms with Crippen molar-refractivity contribution in [3.05, 3.63) is 57.6 Å². The van der Waals surface area contributed by atoms with Gasteiger partial charge in [-0.3, -0.25) is 14.9 Å². The summed E-state index contributed by atoms with van der Waals surface area (Å²) in [6, 6.07) is 11.3. The number of ether oxygens (including phenoxy) is 1. The molecule has 0 aliphatic heterocycles. The van der Waals surface area contributed by atoms with E-state index in [9.17, 15) is 14.9 Å². The Kier molecular flexibility index (Phi) is 6.66. The monoisotopic (exact) mass is 380 g/mol. The maximum absolute atomic E-state index is 12.6. The number of non-ortho nitro benzene ring substituents is 1. The molecule has 0 spiro atoms. The van der Waals surface area contributed by atoms with Crippen molar-refractivity contribution in [2.24, 2.45) is 0 Å². The molecule has 0 aromatic heterocycles. The van der Waals surface area contributed by atoms with E-state index in [0.29, 0.717) is 17.2 Å². The summed E-state index contributed by atoms with van der Waals surface area (Å²) in [4.78, 5) is 23.9. The Morgan fingerprint density at radius 3 is 2.56 bits per heavy atom. The predicted molar refractivity (Wildman–Crippen MR) is 99.7 cm³/mol. The van der Waals surface area contributed by atoms with Crippen molar-refractivity contribution in [2.45, 2.75) is 23.5 Å². The summed E-state index contributed by atoms with van der Waals surface area (Å²) < 4.78 is 5.17. The third-order valence-corrected chi connectivity index (χ3v) is 5.04. The number of nitro benzene ring substituents is 1. The summed E-state index contributed by atoms with van der Waals surface area (Å²) in [5, 5.41) is 13.9. The van der Waals surface area contributed by atoms with E-state index in [1.807, 2.05) is 19.1 Å². The number of halogens is 1. The average Bonchev–Trinajstić information content (AvgIpc) is 2.60. The molecule has 8 heteroatoms. The first-order valence-electron chi connectivity index (χ1n) is 7.50. The minimum absolute atomic E-state index is 0.116. The number of nitro groups is 1. The summed E-state index contributed by atoms with van der Waals surface area (Å²) in [5.74, 6) is 0.117. The number of amides is 1. The Labute approximate surface area is 154 Å². The lowest BCUT2D eigenvalue weighted by atomic mass is 10.2. The van der Waals surface area contributed by atoms with E-state index in [1.165, 1.54) is 37.1 Å². The minimum Gasteiger partial charge on any atom is -0.495 e. The van der Waals surface area contributed by atoms with Crippen molar-refractivity contribution in [3.8, 4) is 5.75 Å². The van der Waals surface area contributed by atoms with Gasteiger partial charge in [-0.05, 0) is 36.8 Å². The molecular formula is C17H17ClN2O4S. The molecule has 0 heterocycles. The first-order valence-corrected chi connectivity index (χ1v) is 8.76. The number of carbonyl (C=O) groups is 1. The number of methoxy groups -OCH3 is 1. The second kappa shape index (κ2) is 8.73. The molecule has 2 aromatic carbocycles. The van der Waals surface area contributed by atoms with Gasteiger partial charge in [-0.25, -0.2) is 0 Å². The lowest BCUT2D eigenvalue weighted by Gasteiger charge is -2.16. The number of anilines is 1. The molecule has 0 saturated heterocycles. The first-order chi connectivity index (χ1) is 11.9. The number of nitrogens with zero attached hydrogens (tertiary/aromatic N) is 1. The summed E-state index contributed by atoms with van der Waals surface area (Å²) in [6.07, 6.45) is 0.594. The van der Waals surface area contributed by atoms with E-state index >= 15 is 0 Å². The van der Waals surface area contributed by atoms with Crippen LogP contribution < -0.4 is 10.1 Å². The molecule has 0 bridgehead atoms. The second-order valence-electron chi connectivity index (χ2n) is 5.10. The van der Waals surface area contributed by atoms with Gasteiger partial charge in [0, 0.05) is 22.1 Å². The molecular weight excluding hydrogens is 364 g/mol. The van der Waals surface area contributed by atoms with Gasteiger partial charge in [-0.2, -0.15) is 0 Å². The van der Waals surface area contributed by atoms with E-state index in [0.717, 1.165) is 4.90 Å². The highest BCUT2D eigenvalue weighted by Gasteiger charge is 2.21. The molecule has 0 aliphatic rings. The Hall–Kier alpha value is -2.25. The van der Waals surface area contributed by atoms with Crippen molar-refractivity contribution in [1.29, 1.82) is 0 Å². The van der Waals surface area contributed by atoms with Crippen LogP contribution in [-0.4, -0.2) is 23.2 Å². The van der Waals surface area contributed by atoms with Gasteiger partial charge in [0.1, 0.15) is 5.75 Å². The number of benzene rings is 2. The van der Waals surface area contributed by atoms with E-state index in [-0.39, 0.29) is 22.5 Å². The van der Waals surface area contributed by atoms with Crippen LogP contribution in [0.15, 0.2) is 47.4 Å². The fourth-order valence-electron chi connectivity index (χ4n) is 2.12. The third kappa shape index (κ3) is 5.11. The Bertz CT molecular complexity index is 768. The largest absolute Gasteiger partial charge is 0.495 e. The second-order valence-corrected chi connectivity index (χ2v) is 6.81. The third-order valence-electron chi connectivity index (χ3n) is 3.41. The molecule has 1 atom stereocenters. The van der Waals surface area contributed by atoms with Crippen molar-refractivity contribution in [3.63, 3.8) is 0 Å². The molecule has 0 unspecified atom stereocenters. The lowest BCUT2D eigenvalue weighted by Crippen LogP contribution is -2.24. The maximum atomic E-state index is 12.6. The average molecular weight is 381 g/mol. The van der Waals surface area contributed by atoms with Gasteiger partial charge in [0.2, 0.25) is 5.91 Å². The molecule has 0 radical (unpaired) electrons. The zero-order valence-electron chi connectivity index (χ0n) is 13.7. The topological polar surface area (TPSA) is 81.5 Å². The van der Waals surface area contributed by atoms with E-state index in [1.54, 1.807) is 12.1 Å². The highest BCUT2D eigenvalue weighted by atomic mass is 35.5. The van der Waals surface area contributed by atoms with Crippen LogP contribution in [0.2, 0.25) is 5.02 Å². The van der Waals surface area contributed by atoms with E-state index in [2.05, 4.69) is 5.32 Å². The molecule has 2 aromatic rings. The molecule has 132 valence electrons. The van der Waals surface area contributed by atoms with E-state index in [4.69, 9.17) is 16.3 Å². The molecule has 0 saturated carbocycles. The summed E-state index contributed by atoms with van der Waals surface area (Å²) in [5.41, 5.74) is 0.159. The zero-order valence-corrected chi connectivity index (χ0v) is 15.3. The van der Waals surface area contributed by atoms with Crippen LogP contribution in [0.4, 0.5) is 11.4 Å². The number of carbonyl (C=O) groups excluding carboxylic acids is 1. The number of thioether (sulfide) groups is 1. The minimum atomic E-state index is -0.519. The van der Waals surface area contributed by atoms with Crippen molar-refractivity contribution in [2.75, 3.05) is 12.4 Å². The molecule has 0 aliphatic carbocycles. The maximum Gasteiger partial charge on any atom is 0.271 e. The van der Waals surface area contributed by atoms with Crippen LogP contribution in [0.5, 0.6) is 5.75 Å². The smallest absolute Gasteiger partial charge is 0.271 e. The Morgan fingerprint density at radius 2 is 2.00 bits per heavy atom. The van der Waals surface area contributed by atoms with E-state index < -0.39 is 4.92 Å². The highest BCUT2D eigenvalue weighted by molar-refractivity contribution is 8.00. The van der Waals surface area contributed by atoms with Crippen LogP contribution in [0.25, 0.3) is 0 Å². The van der Waals surface area contributed by atoms with Crippen LogP contribution in [0.3, 0.4) is 0 Å². The van der Waals surface area contributed by atoms with Gasteiger partial charge in [-0.15, -0.1) is 11.8 Å². The number of nitrogens with one attached hydrogen (secondary N) is 1. The quantitative estimate of drug-likeness (QED) is 0.425. The van der Waals surface area contributed by atoms with Gasteiger partial charge < -0.3 is 10.1 Å². The van der Waals surface area contributed by atoms with Crippen molar-refractivity contribution < 1.29 is 14.5 Å². The SMILES string of the molecule is CC[C@H](Sc1ccc(Cl)cc1)C(=O)Nc1cc([N+](=O)[O-])ccc1OC.